The van der Waals surface area contributed by atoms with Gasteiger partial charge in [-0.3, -0.25) is 4.79 Å². The van der Waals surface area contributed by atoms with Crippen molar-refractivity contribution in [3.8, 4) is 0 Å². The second-order valence-electron chi connectivity index (χ2n) is 4.63. The Balaban J connectivity index is 2.24. The molecule has 2 N–H and O–H groups in total. The molecule has 4 nitrogen and oxygen atoms in total. The Hall–Kier alpha value is -1.66. The molecule has 0 saturated heterocycles. The summed E-state index contributed by atoms with van der Waals surface area (Å²) in [7, 11) is 0. The maximum absolute atomic E-state index is 13.4. The van der Waals surface area contributed by atoms with Gasteiger partial charge in [-0.25, -0.2) is 9.37 Å². The van der Waals surface area contributed by atoms with Gasteiger partial charge in [-0.05, 0) is 23.8 Å². The molecule has 0 radical (unpaired) electrons. The van der Waals surface area contributed by atoms with Crippen LogP contribution in [0.15, 0.2) is 45.3 Å². The zero-order valence-corrected chi connectivity index (χ0v) is 12.1. The van der Waals surface area contributed by atoms with Gasteiger partial charge in [0.2, 0.25) is 0 Å². The van der Waals surface area contributed by atoms with Crippen molar-refractivity contribution in [1.29, 1.82) is 0 Å². The molecule has 6 heteroatoms. The van der Waals surface area contributed by atoms with Gasteiger partial charge in [0.15, 0.2) is 5.16 Å². The number of H-pyrrole nitrogens is 1. The van der Waals surface area contributed by atoms with Gasteiger partial charge >= 0.3 is 0 Å². The van der Waals surface area contributed by atoms with Crippen molar-refractivity contribution in [1.82, 2.24) is 15.3 Å². The van der Waals surface area contributed by atoms with E-state index >= 15 is 0 Å². The number of nitrogens with zero attached hydrogens (tertiary/aromatic N) is 1. The van der Waals surface area contributed by atoms with E-state index in [1.165, 1.54) is 36.2 Å². The van der Waals surface area contributed by atoms with Crippen LogP contribution in [0.1, 0.15) is 19.4 Å². The molecule has 1 heterocycles. The van der Waals surface area contributed by atoms with E-state index < -0.39 is 0 Å². The van der Waals surface area contributed by atoms with Crippen LogP contribution in [0.2, 0.25) is 0 Å². The molecule has 0 saturated carbocycles. The molecule has 20 heavy (non-hydrogen) atoms. The largest absolute Gasteiger partial charge is 0.310 e. The van der Waals surface area contributed by atoms with Gasteiger partial charge in [-0.15, -0.1) is 0 Å². The maximum Gasteiger partial charge on any atom is 0.251 e. The minimum atomic E-state index is -0.274. The topological polar surface area (TPSA) is 57.8 Å². The molecular weight excluding hydrogens is 277 g/mol. The SMILES string of the molecule is CC(C)NCc1cc(F)ccc1Sc1nccc(=O)[nH]1. The summed E-state index contributed by atoms with van der Waals surface area (Å²) in [4.78, 5) is 18.9. The Bertz CT molecular complexity index is 642. The van der Waals surface area contributed by atoms with Gasteiger partial charge < -0.3 is 10.3 Å². The summed E-state index contributed by atoms with van der Waals surface area (Å²) in [5.41, 5.74) is 0.640. The van der Waals surface area contributed by atoms with E-state index in [9.17, 15) is 9.18 Å². The van der Waals surface area contributed by atoms with Crippen LogP contribution < -0.4 is 10.9 Å². The first-order chi connectivity index (χ1) is 9.54. The van der Waals surface area contributed by atoms with Crippen LogP contribution in [-0.2, 0) is 6.54 Å². The zero-order chi connectivity index (χ0) is 14.5. The molecule has 1 aromatic carbocycles. The molecule has 0 amide bonds. The summed E-state index contributed by atoms with van der Waals surface area (Å²) in [6.07, 6.45) is 1.46. The fourth-order valence-electron chi connectivity index (χ4n) is 1.61. The van der Waals surface area contributed by atoms with Crippen LogP contribution in [0.4, 0.5) is 4.39 Å². The third kappa shape index (κ3) is 4.18. The van der Waals surface area contributed by atoms with Gasteiger partial charge in [0.1, 0.15) is 5.82 Å². The summed E-state index contributed by atoms with van der Waals surface area (Å²) in [6, 6.07) is 6.27. The summed E-state index contributed by atoms with van der Waals surface area (Å²) in [5.74, 6) is -0.274. The fourth-order valence-corrected chi connectivity index (χ4v) is 2.48. The molecule has 0 fully saturated rings. The highest BCUT2D eigenvalue weighted by Gasteiger charge is 2.08. The Labute approximate surface area is 120 Å². The molecular formula is C14H16FN3OS. The van der Waals surface area contributed by atoms with E-state index in [2.05, 4.69) is 15.3 Å². The number of nitrogens with one attached hydrogen (secondary N) is 2. The molecule has 1 aromatic heterocycles. The number of hydrogen-bond acceptors (Lipinski definition) is 4. The molecule has 0 atom stereocenters. The minimum Gasteiger partial charge on any atom is -0.310 e. The third-order valence-corrected chi connectivity index (χ3v) is 3.60. The lowest BCUT2D eigenvalue weighted by atomic mass is 10.2. The van der Waals surface area contributed by atoms with Crippen molar-refractivity contribution in [3.05, 3.63) is 52.2 Å². The highest BCUT2D eigenvalue weighted by Crippen LogP contribution is 2.28. The lowest BCUT2D eigenvalue weighted by Crippen LogP contribution is -2.22. The van der Waals surface area contributed by atoms with E-state index in [-0.39, 0.29) is 11.4 Å². The van der Waals surface area contributed by atoms with Crippen LogP contribution in [-0.4, -0.2) is 16.0 Å². The zero-order valence-electron chi connectivity index (χ0n) is 11.3. The van der Waals surface area contributed by atoms with Gasteiger partial charge in [-0.2, -0.15) is 0 Å². The first kappa shape index (κ1) is 14.7. The monoisotopic (exact) mass is 293 g/mol. The molecule has 0 spiro atoms. The molecule has 0 aliphatic heterocycles. The smallest absolute Gasteiger partial charge is 0.251 e. The Morgan fingerprint density at radius 3 is 2.90 bits per heavy atom. The van der Waals surface area contributed by atoms with Crippen LogP contribution >= 0.6 is 11.8 Å². The lowest BCUT2D eigenvalue weighted by Gasteiger charge is -2.12. The van der Waals surface area contributed by atoms with Crippen molar-refractivity contribution in [3.63, 3.8) is 0 Å². The fraction of sp³-hybridized carbons (Fsp3) is 0.286. The van der Waals surface area contributed by atoms with Crippen LogP contribution in [0.3, 0.4) is 0 Å². The minimum absolute atomic E-state index is 0.202. The van der Waals surface area contributed by atoms with Gasteiger partial charge in [-0.1, -0.05) is 25.6 Å². The van der Waals surface area contributed by atoms with Gasteiger partial charge in [0, 0.05) is 29.7 Å². The number of benzene rings is 1. The molecule has 0 unspecified atom stereocenters. The molecule has 2 aromatic rings. The third-order valence-electron chi connectivity index (χ3n) is 2.58. The van der Waals surface area contributed by atoms with Crippen molar-refractivity contribution in [2.75, 3.05) is 0 Å². The molecule has 0 bridgehead atoms. The van der Waals surface area contributed by atoms with Gasteiger partial charge in [0.25, 0.3) is 5.56 Å². The molecule has 0 aliphatic carbocycles. The van der Waals surface area contributed by atoms with E-state index in [0.717, 1.165) is 10.5 Å². The van der Waals surface area contributed by atoms with E-state index in [0.29, 0.717) is 17.7 Å². The summed E-state index contributed by atoms with van der Waals surface area (Å²) >= 11 is 1.32. The number of halogens is 1. The van der Waals surface area contributed by atoms with Crippen molar-refractivity contribution in [2.24, 2.45) is 0 Å². The van der Waals surface area contributed by atoms with Gasteiger partial charge in [0.05, 0.1) is 0 Å². The Morgan fingerprint density at radius 2 is 2.20 bits per heavy atom. The first-order valence-corrected chi connectivity index (χ1v) is 7.11. The predicted octanol–water partition coefficient (Wildman–Crippen LogP) is 2.56. The standard InChI is InChI=1S/C14H16FN3OS/c1-9(2)17-8-10-7-11(15)3-4-12(10)20-14-16-6-5-13(19)18-14/h3-7,9,17H,8H2,1-2H3,(H,16,18,19). The Morgan fingerprint density at radius 1 is 1.40 bits per heavy atom. The number of aromatic nitrogens is 2. The van der Waals surface area contributed by atoms with Crippen LogP contribution in [0.25, 0.3) is 0 Å². The Kier molecular flexibility index (Phi) is 4.92. The first-order valence-electron chi connectivity index (χ1n) is 6.29. The van der Waals surface area contributed by atoms with E-state index in [1.807, 2.05) is 13.8 Å². The van der Waals surface area contributed by atoms with E-state index in [4.69, 9.17) is 0 Å². The number of hydrogen-bond donors (Lipinski definition) is 2. The maximum atomic E-state index is 13.4. The van der Waals surface area contributed by atoms with Crippen LogP contribution in [0.5, 0.6) is 0 Å². The molecule has 2 rings (SSSR count). The van der Waals surface area contributed by atoms with Crippen molar-refractivity contribution >= 4 is 11.8 Å². The number of aromatic amines is 1. The normalized spacial score (nSPS) is 11.0. The lowest BCUT2D eigenvalue weighted by molar-refractivity contribution is 0.576. The van der Waals surface area contributed by atoms with Crippen LogP contribution in [0, 0.1) is 5.82 Å². The number of rotatable bonds is 5. The van der Waals surface area contributed by atoms with Crippen molar-refractivity contribution < 1.29 is 4.39 Å². The predicted molar refractivity (Wildman–Crippen MR) is 77.4 cm³/mol. The quantitative estimate of drug-likeness (QED) is 0.832. The summed E-state index contributed by atoms with van der Waals surface area (Å²) in [5, 5.41) is 3.75. The molecule has 0 aliphatic rings. The highest BCUT2D eigenvalue weighted by molar-refractivity contribution is 7.99. The second kappa shape index (κ2) is 6.67. The summed E-state index contributed by atoms with van der Waals surface area (Å²) in [6.45, 7) is 4.62. The van der Waals surface area contributed by atoms with Crippen molar-refractivity contribution in [2.45, 2.75) is 36.5 Å². The highest BCUT2D eigenvalue weighted by atomic mass is 32.2. The second-order valence-corrected chi connectivity index (χ2v) is 5.66. The van der Waals surface area contributed by atoms with E-state index in [1.54, 1.807) is 6.07 Å². The molecule has 106 valence electrons. The average molecular weight is 293 g/mol. The summed E-state index contributed by atoms with van der Waals surface area (Å²) < 4.78 is 13.4. The average Bonchev–Trinajstić information content (AvgIpc) is 2.39.